The predicted molar refractivity (Wildman–Crippen MR) is 78.0 cm³/mol. The van der Waals surface area contributed by atoms with E-state index < -0.39 is 0 Å². The molecule has 1 fully saturated rings. The molecule has 0 unspecified atom stereocenters. The molecule has 19 heavy (non-hydrogen) atoms. The van der Waals surface area contributed by atoms with Gasteiger partial charge in [0.25, 0.3) is 0 Å². The molecule has 0 aromatic heterocycles. The van der Waals surface area contributed by atoms with Crippen LogP contribution >= 0.6 is 0 Å². The minimum absolute atomic E-state index is 0.281. The van der Waals surface area contributed by atoms with Crippen molar-refractivity contribution in [2.75, 3.05) is 30.4 Å². The number of anilines is 2. The second-order valence-corrected chi connectivity index (χ2v) is 5.22. The Morgan fingerprint density at radius 2 is 2.00 bits per heavy atom. The second-order valence-electron chi connectivity index (χ2n) is 5.22. The molecule has 0 amide bonds. The Kier molecular flexibility index (Phi) is 4.30. The van der Waals surface area contributed by atoms with Crippen LogP contribution in [0.5, 0.6) is 0 Å². The van der Waals surface area contributed by atoms with Crippen LogP contribution in [0.25, 0.3) is 0 Å². The van der Waals surface area contributed by atoms with Crippen LogP contribution in [0.2, 0.25) is 0 Å². The van der Waals surface area contributed by atoms with E-state index in [2.05, 4.69) is 24.1 Å². The monoisotopic (exact) mass is 262 g/mol. The summed E-state index contributed by atoms with van der Waals surface area (Å²) in [5, 5.41) is 3.44. The molecule has 0 saturated carbocycles. The van der Waals surface area contributed by atoms with Crippen molar-refractivity contribution in [1.82, 2.24) is 0 Å². The smallest absolute Gasteiger partial charge is 0.337 e. The molecule has 1 aliphatic rings. The number of esters is 1. The van der Waals surface area contributed by atoms with Crippen LogP contribution in [0.3, 0.4) is 0 Å². The molecular formula is C15H22N2O2. The maximum atomic E-state index is 11.7. The van der Waals surface area contributed by atoms with Crippen LogP contribution in [0, 0.1) is 0 Å². The third kappa shape index (κ3) is 3.19. The number of carbonyl (C=O) groups is 1. The van der Waals surface area contributed by atoms with Crippen molar-refractivity contribution in [3.05, 3.63) is 23.8 Å². The molecule has 1 aromatic carbocycles. The molecule has 104 valence electrons. The van der Waals surface area contributed by atoms with E-state index in [-0.39, 0.29) is 5.97 Å². The minimum atomic E-state index is -0.281. The van der Waals surface area contributed by atoms with E-state index in [1.165, 1.54) is 20.0 Å². The molecular weight excluding hydrogens is 240 g/mol. The van der Waals surface area contributed by atoms with Crippen LogP contribution in [0.15, 0.2) is 18.2 Å². The lowest BCUT2D eigenvalue weighted by molar-refractivity contribution is 0.0601. The Hall–Kier alpha value is -1.71. The topological polar surface area (TPSA) is 41.6 Å². The van der Waals surface area contributed by atoms with Crippen molar-refractivity contribution in [2.45, 2.75) is 32.7 Å². The molecule has 1 aromatic rings. The van der Waals surface area contributed by atoms with Crippen molar-refractivity contribution in [3.63, 3.8) is 0 Å². The van der Waals surface area contributed by atoms with Crippen molar-refractivity contribution in [2.24, 2.45) is 0 Å². The zero-order valence-electron chi connectivity index (χ0n) is 11.9. The van der Waals surface area contributed by atoms with Gasteiger partial charge >= 0.3 is 5.97 Å². The first-order chi connectivity index (χ1) is 9.11. The van der Waals surface area contributed by atoms with Crippen LogP contribution < -0.4 is 10.2 Å². The molecule has 1 aliphatic heterocycles. The molecule has 0 aliphatic carbocycles. The highest BCUT2D eigenvalue weighted by molar-refractivity contribution is 5.92. The lowest BCUT2D eigenvalue weighted by atomic mass is 10.1. The van der Waals surface area contributed by atoms with Gasteiger partial charge in [0.15, 0.2) is 0 Å². The Labute approximate surface area is 114 Å². The first-order valence-corrected chi connectivity index (χ1v) is 6.85. The summed E-state index contributed by atoms with van der Waals surface area (Å²) in [6, 6.07) is 6.09. The Balaban J connectivity index is 2.34. The van der Waals surface area contributed by atoms with Crippen LogP contribution in [-0.2, 0) is 4.74 Å². The van der Waals surface area contributed by atoms with Gasteiger partial charge in [-0.2, -0.15) is 0 Å². The molecule has 0 spiro atoms. The maximum Gasteiger partial charge on any atom is 0.337 e. The van der Waals surface area contributed by atoms with Gasteiger partial charge in [0.2, 0.25) is 0 Å². The van der Waals surface area contributed by atoms with Gasteiger partial charge in [-0.25, -0.2) is 4.79 Å². The molecule has 0 atom stereocenters. The van der Waals surface area contributed by atoms with E-state index in [1.54, 1.807) is 0 Å². The van der Waals surface area contributed by atoms with Gasteiger partial charge in [-0.3, -0.25) is 0 Å². The Morgan fingerprint density at radius 3 is 2.58 bits per heavy atom. The number of hydrogen-bond acceptors (Lipinski definition) is 4. The second kappa shape index (κ2) is 5.95. The average molecular weight is 262 g/mol. The highest BCUT2D eigenvalue weighted by Crippen LogP contribution is 2.30. The lowest BCUT2D eigenvalue weighted by Gasteiger charge is -2.24. The van der Waals surface area contributed by atoms with Gasteiger partial charge in [0, 0.05) is 19.1 Å². The number of rotatable bonds is 4. The summed E-state index contributed by atoms with van der Waals surface area (Å²) in [5.41, 5.74) is 2.80. The van der Waals surface area contributed by atoms with Crippen molar-refractivity contribution >= 4 is 17.3 Å². The van der Waals surface area contributed by atoms with E-state index in [0.717, 1.165) is 24.5 Å². The highest BCUT2D eigenvalue weighted by Gasteiger charge is 2.18. The number of benzene rings is 1. The van der Waals surface area contributed by atoms with Crippen molar-refractivity contribution < 1.29 is 9.53 Å². The zero-order valence-corrected chi connectivity index (χ0v) is 11.9. The molecule has 4 heteroatoms. The fourth-order valence-electron chi connectivity index (χ4n) is 2.43. The highest BCUT2D eigenvalue weighted by atomic mass is 16.5. The summed E-state index contributed by atoms with van der Waals surface area (Å²) in [6.07, 6.45) is 2.42. The number of carbonyl (C=O) groups excluding carboxylic acids is 1. The summed E-state index contributed by atoms with van der Waals surface area (Å²) < 4.78 is 4.80. The van der Waals surface area contributed by atoms with E-state index in [9.17, 15) is 4.79 Å². The van der Waals surface area contributed by atoms with Gasteiger partial charge in [0.1, 0.15) is 0 Å². The normalized spacial score (nSPS) is 14.8. The fraction of sp³-hybridized carbons (Fsp3) is 0.533. The fourth-order valence-corrected chi connectivity index (χ4v) is 2.43. The molecule has 1 saturated heterocycles. The van der Waals surface area contributed by atoms with Gasteiger partial charge in [-0.15, -0.1) is 0 Å². The molecule has 1 N–H and O–H groups in total. The lowest BCUT2D eigenvalue weighted by Crippen LogP contribution is -2.21. The van der Waals surface area contributed by atoms with Gasteiger partial charge in [-0.05, 0) is 44.9 Å². The number of methoxy groups -OCH3 is 1. The van der Waals surface area contributed by atoms with E-state index in [0.29, 0.717) is 11.6 Å². The SMILES string of the molecule is COC(=O)c1ccc(NC(C)C)c(N2CCCC2)c1. The summed E-state index contributed by atoms with van der Waals surface area (Å²) in [6.45, 7) is 6.33. The Bertz CT molecular complexity index is 451. The number of ether oxygens (including phenoxy) is 1. The first-order valence-electron chi connectivity index (χ1n) is 6.85. The molecule has 0 bridgehead atoms. The van der Waals surface area contributed by atoms with E-state index >= 15 is 0 Å². The summed E-state index contributed by atoms with van der Waals surface area (Å²) in [5.74, 6) is -0.281. The molecule has 0 radical (unpaired) electrons. The van der Waals surface area contributed by atoms with E-state index in [4.69, 9.17) is 4.74 Å². The van der Waals surface area contributed by atoms with Crippen molar-refractivity contribution in [3.8, 4) is 0 Å². The predicted octanol–water partition coefficient (Wildman–Crippen LogP) is 2.89. The molecule has 4 nitrogen and oxygen atoms in total. The first kappa shape index (κ1) is 13.7. The van der Waals surface area contributed by atoms with E-state index in [1.807, 2.05) is 18.2 Å². The summed E-state index contributed by atoms with van der Waals surface area (Å²) in [4.78, 5) is 14.0. The van der Waals surface area contributed by atoms with Gasteiger partial charge in [-0.1, -0.05) is 0 Å². The molecule has 2 rings (SSSR count). The number of nitrogens with zero attached hydrogens (tertiary/aromatic N) is 1. The van der Waals surface area contributed by atoms with Gasteiger partial charge in [0.05, 0.1) is 24.0 Å². The third-order valence-corrected chi connectivity index (χ3v) is 3.31. The maximum absolute atomic E-state index is 11.7. The van der Waals surface area contributed by atoms with Gasteiger partial charge < -0.3 is 15.0 Å². The molecule has 1 heterocycles. The van der Waals surface area contributed by atoms with Crippen molar-refractivity contribution in [1.29, 1.82) is 0 Å². The average Bonchev–Trinajstić information content (AvgIpc) is 2.91. The van der Waals surface area contributed by atoms with Crippen LogP contribution in [-0.4, -0.2) is 32.2 Å². The number of nitrogens with one attached hydrogen (secondary N) is 1. The summed E-state index contributed by atoms with van der Waals surface area (Å²) in [7, 11) is 1.41. The quantitative estimate of drug-likeness (QED) is 0.847. The zero-order chi connectivity index (χ0) is 13.8. The Morgan fingerprint density at radius 1 is 1.32 bits per heavy atom. The summed E-state index contributed by atoms with van der Waals surface area (Å²) >= 11 is 0. The number of hydrogen-bond donors (Lipinski definition) is 1. The van der Waals surface area contributed by atoms with Crippen LogP contribution in [0.4, 0.5) is 11.4 Å². The standard InChI is InChI=1S/C15H22N2O2/c1-11(2)16-13-7-6-12(15(18)19-3)10-14(13)17-8-4-5-9-17/h6-7,10-11,16H,4-5,8-9H2,1-3H3. The van der Waals surface area contributed by atoms with Crippen LogP contribution in [0.1, 0.15) is 37.0 Å². The minimum Gasteiger partial charge on any atom is -0.465 e. The third-order valence-electron chi connectivity index (χ3n) is 3.31. The largest absolute Gasteiger partial charge is 0.465 e.